The van der Waals surface area contributed by atoms with Gasteiger partial charge in [0, 0.05) is 24.2 Å². The molecular formula is C17H25ClN4. The van der Waals surface area contributed by atoms with Crippen LogP contribution in [0.5, 0.6) is 0 Å². The molecule has 0 aromatic carbocycles. The number of fused-ring (bicyclic) bond motifs is 1. The number of hydrogen-bond acceptors (Lipinski definition) is 4. The van der Waals surface area contributed by atoms with Crippen LogP contribution in [0.3, 0.4) is 0 Å². The van der Waals surface area contributed by atoms with Crippen molar-refractivity contribution in [2.24, 2.45) is 0 Å². The van der Waals surface area contributed by atoms with Crippen LogP contribution in [0.1, 0.15) is 56.1 Å². The summed E-state index contributed by atoms with van der Waals surface area (Å²) in [7, 11) is 0. The summed E-state index contributed by atoms with van der Waals surface area (Å²) in [4.78, 5) is 2.68. The molecule has 3 aliphatic rings. The minimum absolute atomic E-state index is 0.510. The van der Waals surface area contributed by atoms with Gasteiger partial charge < -0.3 is 5.32 Å². The van der Waals surface area contributed by atoms with Crippen LogP contribution in [0.4, 0.5) is 5.82 Å². The Hall–Kier alpha value is -0.870. The summed E-state index contributed by atoms with van der Waals surface area (Å²) in [5.74, 6) is 1.000. The molecule has 0 amide bonds. The quantitative estimate of drug-likeness (QED) is 0.926. The third kappa shape index (κ3) is 2.83. The molecule has 2 aliphatic carbocycles. The fourth-order valence-electron chi connectivity index (χ4n) is 4.13. The van der Waals surface area contributed by atoms with Crippen LogP contribution in [-0.4, -0.2) is 40.3 Å². The highest BCUT2D eigenvalue weighted by Crippen LogP contribution is 2.32. The maximum Gasteiger partial charge on any atom is 0.155 e. The fraction of sp³-hybridized carbons (Fsp3) is 0.765. The Labute approximate surface area is 137 Å². The number of halogens is 1. The molecule has 120 valence electrons. The predicted molar refractivity (Wildman–Crippen MR) is 89.5 cm³/mol. The number of nitrogens with zero attached hydrogens (tertiary/aromatic N) is 3. The molecule has 1 aliphatic heterocycles. The monoisotopic (exact) mass is 320 g/mol. The van der Waals surface area contributed by atoms with Gasteiger partial charge in [-0.2, -0.15) is 0 Å². The second-order valence-corrected chi connectivity index (χ2v) is 7.42. The lowest BCUT2D eigenvalue weighted by Crippen LogP contribution is -2.49. The Balaban J connectivity index is 1.48. The van der Waals surface area contributed by atoms with Crippen molar-refractivity contribution < 1.29 is 0 Å². The molecule has 1 aromatic heterocycles. The minimum Gasteiger partial charge on any atom is -0.364 e. The van der Waals surface area contributed by atoms with Gasteiger partial charge in [0.2, 0.25) is 0 Å². The summed E-state index contributed by atoms with van der Waals surface area (Å²) in [6, 6.07) is 1.35. The van der Waals surface area contributed by atoms with E-state index in [0.717, 1.165) is 31.2 Å². The summed E-state index contributed by atoms with van der Waals surface area (Å²) in [5, 5.41) is 12.9. The summed E-state index contributed by atoms with van der Waals surface area (Å²) >= 11 is 6.24. The smallest absolute Gasteiger partial charge is 0.155 e. The van der Waals surface area contributed by atoms with Crippen LogP contribution in [-0.2, 0) is 12.8 Å². The zero-order valence-electron chi connectivity index (χ0n) is 13.2. The summed E-state index contributed by atoms with van der Waals surface area (Å²) < 4.78 is 0. The lowest BCUT2D eigenvalue weighted by molar-refractivity contribution is 0.0990. The highest BCUT2D eigenvalue weighted by Gasteiger charge is 2.30. The van der Waals surface area contributed by atoms with Crippen LogP contribution in [0, 0.1) is 0 Å². The van der Waals surface area contributed by atoms with Gasteiger partial charge in [0.15, 0.2) is 11.0 Å². The maximum atomic E-state index is 6.24. The molecule has 4 nitrogen and oxygen atoms in total. The minimum atomic E-state index is 0.510. The van der Waals surface area contributed by atoms with Gasteiger partial charge in [0.25, 0.3) is 0 Å². The van der Waals surface area contributed by atoms with E-state index in [0.29, 0.717) is 11.2 Å². The first kappa shape index (κ1) is 14.7. The molecule has 2 fully saturated rings. The Morgan fingerprint density at radius 1 is 0.955 bits per heavy atom. The fourth-order valence-corrected chi connectivity index (χ4v) is 4.37. The van der Waals surface area contributed by atoms with Crippen molar-refractivity contribution in [2.45, 2.75) is 69.9 Å². The van der Waals surface area contributed by atoms with Crippen molar-refractivity contribution in [2.75, 3.05) is 18.4 Å². The first-order valence-electron chi connectivity index (χ1n) is 8.86. The summed E-state index contributed by atoms with van der Waals surface area (Å²) in [6.45, 7) is 2.43. The van der Waals surface area contributed by atoms with Crippen molar-refractivity contribution in [1.82, 2.24) is 15.1 Å². The van der Waals surface area contributed by atoms with E-state index in [2.05, 4.69) is 20.4 Å². The standard InChI is InChI=1S/C17H25ClN4/c18-16-14-8-1-2-9-15(14)17(21-20-16)19-12-5-4-10-22(11-12)13-6-3-7-13/h12-13H,1-11H2,(H,19,21)/t12-/m1/s1. The molecule has 4 rings (SSSR count). The van der Waals surface area contributed by atoms with Gasteiger partial charge in [-0.15, -0.1) is 10.2 Å². The number of anilines is 1. The number of aromatic nitrogens is 2. The molecule has 0 bridgehead atoms. The largest absolute Gasteiger partial charge is 0.364 e. The van der Waals surface area contributed by atoms with E-state index in [1.165, 1.54) is 62.6 Å². The van der Waals surface area contributed by atoms with Crippen molar-refractivity contribution in [3.63, 3.8) is 0 Å². The van der Waals surface area contributed by atoms with E-state index < -0.39 is 0 Å². The number of likely N-dealkylation sites (tertiary alicyclic amines) is 1. The molecule has 0 spiro atoms. The van der Waals surface area contributed by atoms with Gasteiger partial charge in [-0.1, -0.05) is 18.0 Å². The highest BCUT2D eigenvalue weighted by molar-refractivity contribution is 6.30. The van der Waals surface area contributed by atoms with Crippen LogP contribution >= 0.6 is 11.6 Å². The topological polar surface area (TPSA) is 41.1 Å². The van der Waals surface area contributed by atoms with Gasteiger partial charge in [-0.25, -0.2) is 0 Å². The average Bonchev–Trinajstić information content (AvgIpc) is 2.49. The number of hydrogen-bond donors (Lipinski definition) is 1. The van der Waals surface area contributed by atoms with Gasteiger partial charge >= 0.3 is 0 Å². The second-order valence-electron chi connectivity index (χ2n) is 7.07. The maximum absolute atomic E-state index is 6.24. The lowest BCUT2D eigenvalue weighted by Gasteiger charge is -2.42. The van der Waals surface area contributed by atoms with E-state index in [1.54, 1.807) is 0 Å². The Bertz CT molecular complexity index is 544. The van der Waals surface area contributed by atoms with Crippen LogP contribution in [0.15, 0.2) is 0 Å². The Kier molecular flexibility index (Phi) is 4.23. The first-order chi connectivity index (χ1) is 10.8. The van der Waals surface area contributed by atoms with E-state index in [1.807, 2.05) is 0 Å². The molecule has 0 unspecified atom stereocenters. The van der Waals surface area contributed by atoms with Crippen molar-refractivity contribution in [3.8, 4) is 0 Å². The Morgan fingerprint density at radius 3 is 2.55 bits per heavy atom. The zero-order valence-corrected chi connectivity index (χ0v) is 13.9. The SMILES string of the molecule is Clc1nnc(N[C@@H]2CCCN(C3CCC3)C2)c2c1CCCC2. The van der Waals surface area contributed by atoms with Gasteiger partial charge in [-0.05, 0) is 63.5 Å². The first-order valence-corrected chi connectivity index (χ1v) is 9.23. The van der Waals surface area contributed by atoms with E-state index in [4.69, 9.17) is 11.6 Å². The summed E-state index contributed by atoms with van der Waals surface area (Å²) in [5.41, 5.74) is 2.56. The highest BCUT2D eigenvalue weighted by atomic mass is 35.5. The predicted octanol–water partition coefficient (Wildman–Crippen LogP) is 3.44. The van der Waals surface area contributed by atoms with Crippen molar-refractivity contribution in [3.05, 3.63) is 16.3 Å². The number of piperidine rings is 1. The van der Waals surface area contributed by atoms with Gasteiger partial charge in [-0.3, -0.25) is 4.90 Å². The normalized spacial score (nSPS) is 26.3. The van der Waals surface area contributed by atoms with E-state index in [-0.39, 0.29) is 0 Å². The molecule has 22 heavy (non-hydrogen) atoms. The molecule has 0 radical (unpaired) electrons. The average molecular weight is 321 g/mol. The second kappa shape index (κ2) is 6.32. The molecule has 1 atom stereocenters. The third-order valence-electron chi connectivity index (χ3n) is 5.63. The molecule has 1 N–H and O–H groups in total. The summed E-state index contributed by atoms with van der Waals surface area (Å²) in [6.07, 6.45) is 11.3. The van der Waals surface area contributed by atoms with E-state index >= 15 is 0 Å². The van der Waals surface area contributed by atoms with Crippen LogP contribution in [0.2, 0.25) is 5.15 Å². The van der Waals surface area contributed by atoms with Gasteiger partial charge in [0.1, 0.15) is 0 Å². The van der Waals surface area contributed by atoms with Crippen molar-refractivity contribution in [1.29, 1.82) is 0 Å². The molecule has 1 saturated carbocycles. The molecule has 1 saturated heterocycles. The molecule has 2 heterocycles. The number of rotatable bonds is 3. The van der Waals surface area contributed by atoms with Gasteiger partial charge in [0.05, 0.1) is 0 Å². The van der Waals surface area contributed by atoms with Crippen molar-refractivity contribution >= 4 is 17.4 Å². The van der Waals surface area contributed by atoms with E-state index in [9.17, 15) is 0 Å². The molecular weight excluding hydrogens is 296 g/mol. The van der Waals surface area contributed by atoms with Crippen LogP contribution < -0.4 is 5.32 Å². The lowest BCUT2D eigenvalue weighted by atomic mass is 9.89. The third-order valence-corrected chi connectivity index (χ3v) is 5.93. The molecule has 5 heteroatoms. The van der Waals surface area contributed by atoms with Crippen LogP contribution in [0.25, 0.3) is 0 Å². The molecule has 1 aromatic rings. The number of nitrogens with one attached hydrogen (secondary N) is 1. The Morgan fingerprint density at radius 2 is 1.77 bits per heavy atom. The zero-order chi connectivity index (χ0) is 14.9.